The number of anilines is 1. The molecule has 0 saturated heterocycles. The lowest BCUT2D eigenvalue weighted by molar-refractivity contribution is 0.335. The van der Waals surface area contributed by atoms with Gasteiger partial charge in [-0.2, -0.15) is 5.10 Å². The fourth-order valence-corrected chi connectivity index (χ4v) is 2.97. The predicted molar refractivity (Wildman–Crippen MR) is 83.9 cm³/mol. The number of rotatable bonds is 6. The van der Waals surface area contributed by atoms with Crippen molar-refractivity contribution in [3.63, 3.8) is 0 Å². The van der Waals surface area contributed by atoms with Gasteiger partial charge in [-0.3, -0.25) is 0 Å². The van der Waals surface area contributed by atoms with E-state index in [0.717, 1.165) is 36.9 Å². The molecule has 1 N–H and O–H groups in total. The minimum atomic E-state index is 0.622. The Morgan fingerprint density at radius 1 is 1.30 bits per heavy atom. The predicted octanol–water partition coefficient (Wildman–Crippen LogP) is 2.99. The average molecular weight is 276 g/mol. The second-order valence-corrected chi connectivity index (χ2v) is 6.10. The van der Waals surface area contributed by atoms with E-state index in [9.17, 15) is 0 Å². The summed E-state index contributed by atoms with van der Waals surface area (Å²) in [5.74, 6) is 1.84. The molecule has 1 aliphatic rings. The van der Waals surface area contributed by atoms with Gasteiger partial charge >= 0.3 is 0 Å². The minimum absolute atomic E-state index is 0.622. The van der Waals surface area contributed by atoms with Crippen LogP contribution in [0.3, 0.4) is 0 Å². The molecule has 0 radical (unpaired) electrons. The lowest BCUT2D eigenvalue weighted by Crippen LogP contribution is -2.36. The summed E-state index contributed by atoms with van der Waals surface area (Å²) in [5.41, 5.74) is 1.02. The number of nitrogens with zero attached hydrogens (tertiary/aromatic N) is 3. The molecular formula is C16H28N4. The van der Waals surface area contributed by atoms with Crippen LogP contribution < -0.4 is 10.2 Å². The first-order chi connectivity index (χ1) is 9.70. The summed E-state index contributed by atoms with van der Waals surface area (Å²) < 4.78 is 0. The summed E-state index contributed by atoms with van der Waals surface area (Å²) in [6.07, 6.45) is 6.41. The maximum atomic E-state index is 4.39. The van der Waals surface area contributed by atoms with Gasteiger partial charge in [0.25, 0.3) is 0 Å². The van der Waals surface area contributed by atoms with Crippen LogP contribution in [-0.4, -0.2) is 29.8 Å². The summed E-state index contributed by atoms with van der Waals surface area (Å²) in [4.78, 5) is 2.31. The van der Waals surface area contributed by atoms with Gasteiger partial charge in [0.2, 0.25) is 0 Å². The van der Waals surface area contributed by atoms with Crippen LogP contribution >= 0.6 is 0 Å². The molecule has 1 heterocycles. The summed E-state index contributed by atoms with van der Waals surface area (Å²) in [5, 5.41) is 12.1. The number of aromatic nitrogens is 2. The Morgan fingerprint density at radius 3 is 2.80 bits per heavy atom. The first-order valence-electron chi connectivity index (χ1n) is 7.97. The fraction of sp³-hybridized carbons (Fsp3) is 0.750. The van der Waals surface area contributed by atoms with Gasteiger partial charge in [0.05, 0.1) is 5.69 Å². The van der Waals surface area contributed by atoms with Crippen molar-refractivity contribution < 1.29 is 0 Å². The van der Waals surface area contributed by atoms with Crippen molar-refractivity contribution in [2.45, 2.75) is 58.5 Å². The van der Waals surface area contributed by atoms with Crippen molar-refractivity contribution in [2.24, 2.45) is 5.92 Å². The van der Waals surface area contributed by atoms with Crippen molar-refractivity contribution in [1.29, 1.82) is 0 Å². The van der Waals surface area contributed by atoms with Gasteiger partial charge in [-0.15, -0.1) is 5.10 Å². The van der Waals surface area contributed by atoms with E-state index < -0.39 is 0 Å². The first kappa shape index (κ1) is 15.2. The molecule has 0 amide bonds. The molecule has 2 rings (SSSR count). The van der Waals surface area contributed by atoms with Gasteiger partial charge < -0.3 is 10.2 Å². The van der Waals surface area contributed by atoms with E-state index in [-0.39, 0.29) is 0 Å². The Labute approximate surface area is 123 Å². The Bertz CT molecular complexity index is 390. The normalized spacial score (nSPS) is 22.8. The van der Waals surface area contributed by atoms with Gasteiger partial charge in [-0.05, 0) is 43.9 Å². The van der Waals surface area contributed by atoms with Crippen molar-refractivity contribution in [2.75, 3.05) is 18.5 Å². The molecule has 0 aromatic carbocycles. The zero-order chi connectivity index (χ0) is 14.4. The van der Waals surface area contributed by atoms with Gasteiger partial charge in [0.15, 0.2) is 5.82 Å². The number of nitrogens with one attached hydrogen (secondary N) is 1. The Morgan fingerprint density at radius 2 is 2.15 bits per heavy atom. The molecule has 1 aromatic rings. The average Bonchev–Trinajstić information content (AvgIpc) is 2.47. The first-order valence-corrected chi connectivity index (χ1v) is 7.97. The smallest absolute Gasteiger partial charge is 0.151 e. The Balaban J connectivity index is 1.91. The quantitative estimate of drug-likeness (QED) is 0.811. The van der Waals surface area contributed by atoms with E-state index in [4.69, 9.17) is 0 Å². The highest BCUT2D eigenvalue weighted by molar-refractivity contribution is 5.37. The Kier molecular flexibility index (Phi) is 5.77. The summed E-state index contributed by atoms with van der Waals surface area (Å²) >= 11 is 0. The molecule has 4 nitrogen and oxygen atoms in total. The molecule has 0 bridgehead atoms. The molecule has 1 fully saturated rings. The third-order valence-corrected chi connectivity index (χ3v) is 4.26. The molecule has 112 valence electrons. The molecule has 2 unspecified atom stereocenters. The molecule has 0 spiro atoms. The zero-order valence-corrected chi connectivity index (χ0v) is 13.1. The molecule has 20 heavy (non-hydrogen) atoms. The van der Waals surface area contributed by atoms with E-state index >= 15 is 0 Å². The number of hydrogen-bond acceptors (Lipinski definition) is 4. The SMILES string of the molecule is CCCNCc1ccc(N(C)C2CCCC(C)C2)nn1. The Hall–Kier alpha value is -1.16. The highest BCUT2D eigenvalue weighted by Gasteiger charge is 2.23. The van der Waals surface area contributed by atoms with E-state index in [1.165, 1.54) is 25.7 Å². The zero-order valence-electron chi connectivity index (χ0n) is 13.1. The third-order valence-electron chi connectivity index (χ3n) is 4.26. The van der Waals surface area contributed by atoms with Gasteiger partial charge in [-0.25, -0.2) is 0 Å². The van der Waals surface area contributed by atoms with Crippen molar-refractivity contribution in [3.8, 4) is 0 Å². The highest BCUT2D eigenvalue weighted by atomic mass is 15.3. The molecule has 1 aromatic heterocycles. The highest BCUT2D eigenvalue weighted by Crippen LogP contribution is 2.28. The minimum Gasteiger partial charge on any atom is -0.355 e. The van der Waals surface area contributed by atoms with Crippen LogP contribution in [0.25, 0.3) is 0 Å². The lowest BCUT2D eigenvalue weighted by atomic mass is 9.86. The molecule has 0 aliphatic heterocycles. The number of hydrogen-bond donors (Lipinski definition) is 1. The van der Waals surface area contributed by atoms with Gasteiger partial charge in [0, 0.05) is 19.6 Å². The van der Waals surface area contributed by atoms with Crippen LogP contribution in [0.15, 0.2) is 12.1 Å². The van der Waals surface area contributed by atoms with Crippen molar-refractivity contribution >= 4 is 5.82 Å². The molecule has 1 aliphatic carbocycles. The van der Waals surface area contributed by atoms with Crippen LogP contribution in [0.1, 0.15) is 51.6 Å². The van der Waals surface area contributed by atoms with Crippen molar-refractivity contribution in [3.05, 3.63) is 17.8 Å². The second-order valence-electron chi connectivity index (χ2n) is 6.10. The third kappa shape index (κ3) is 4.17. The van der Waals surface area contributed by atoms with Gasteiger partial charge in [-0.1, -0.05) is 26.7 Å². The maximum absolute atomic E-state index is 4.39. The maximum Gasteiger partial charge on any atom is 0.151 e. The van der Waals surface area contributed by atoms with E-state index in [1.54, 1.807) is 0 Å². The second kappa shape index (κ2) is 7.58. The van der Waals surface area contributed by atoms with Gasteiger partial charge in [0.1, 0.15) is 0 Å². The van der Waals surface area contributed by atoms with E-state index in [2.05, 4.69) is 53.4 Å². The van der Waals surface area contributed by atoms with E-state index in [1.807, 2.05) is 0 Å². The largest absolute Gasteiger partial charge is 0.355 e. The monoisotopic (exact) mass is 276 g/mol. The molecule has 2 atom stereocenters. The molecule has 1 saturated carbocycles. The van der Waals surface area contributed by atoms with Crippen molar-refractivity contribution in [1.82, 2.24) is 15.5 Å². The molecule has 4 heteroatoms. The standard InChI is InChI=1S/C16H28N4/c1-4-10-17-12-14-8-9-16(19-18-14)20(3)15-7-5-6-13(2)11-15/h8-9,13,15,17H,4-7,10-12H2,1-3H3. The van der Waals surface area contributed by atoms with Crippen LogP contribution in [0.2, 0.25) is 0 Å². The summed E-state index contributed by atoms with van der Waals surface area (Å²) in [6, 6.07) is 4.82. The van der Waals surface area contributed by atoms with Crippen LogP contribution in [0, 0.1) is 5.92 Å². The van der Waals surface area contributed by atoms with Crippen LogP contribution in [-0.2, 0) is 6.54 Å². The summed E-state index contributed by atoms with van der Waals surface area (Å²) in [6.45, 7) is 6.37. The van der Waals surface area contributed by atoms with E-state index in [0.29, 0.717) is 6.04 Å². The topological polar surface area (TPSA) is 41.0 Å². The van der Waals surface area contributed by atoms with Crippen LogP contribution in [0.4, 0.5) is 5.82 Å². The lowest BCUT2D eigenvalue weighted by Gasteiger charge is -2.34. The van der Waals surface area contributed by atoms with Crippen LogP contribution in [0.5, 0.6) is 0 Å². The summed E-state index contributed by atoms with van der Waals surface area (Å²) in [7, 11) is 2.15. The molecular weight excluding hydrogens is 248 g/mol. The fourth-order valence-electron chi connectivity index (χ4n) is 2.97.